The Bertz CT molecular complexity index is 1820. The van der Waals surface area contributed by atoms with E-state index in [1.54, 1.807) is 47.7 Å². The molecule has 2 saturated heterocycles. The van der Waals surface area contributed by atoms with Gasteiger partial charge in [0.15, 0.2) is 11.5 Å². The minimum atomic E-state index is -1.16. The van der Waals surface area contributed by atoms with Crippen molar-refractivity contribution in [3.8, 4) is 5.82 Å². The Labute approximate surface area is 274 Å². The van der Waals surface area contributed by atoms with Gasteiger partial charge in [-0.1, -0.05) is 12.1 Å². The van der Waals surface area contributed by atoms with E-state index in [0.717, 1.165) is 37.6 Å². The summed E-state index contributed by atoms with van der Waals surface area (Å²) >= 11 is 0. The first kappa shape index (κ1) is 32.2. The molecule has 47 heavy (non-hydrogen) atoms. The normalized spacial score (nSPS) is 16.3. The SMILES string of the molecule is C=CCn1c(=O)c2cnc(Nc3ccc(N4CCN(C5CN(C(=O)OC(C)(C)C)C5)CC4)cc3)nc2n1-c1cccc(C(C)(C)O)n1. The number of hydrogen-bond acceptors (Lipinski definition) is 10. The highest BCUT2D eigenvalue weighted by molar-refractivity contribution is 5.77. The van der Waals surface area contributed by atoms with Crippen molar-refractivity contribution in [2.45, 2.75) is 58.4 Å². The van der Waals surface area contributed by atoms with Crippen LogP contribution >= 0.6 is 0 Å². The van der Waals surface area contributed by atoms with E-state index in [2.05, 4.69) is 43.8 Å². The molecule has 13 heteroatoms. The minimum absolute atomic E-state index is 0.235. The van der Waals surface area contributed by atoms with Crippen LogP contribution in [-0.4, -0.2) is 96.2 Å². The van der Waals surface area contributed by atoms with Gasteiger partial charge in [-0.05, 0) is 71.0 Å². The largest absolute Gasteiger partial charge is 0.444 e. The Hall–Kier alpha value is -4.75. The number of ether oxygens (including phenoxy) is 1. The summed E-state index contributed by atoms with van der Waals surface area (Å²) in [6.45, 7) is 18.1. The highest BCUT2D eigenvalue weighted by atomic mass is 16.6. The first-order chi connectivity index (χ1) is 22.3. The molecule has 248 valence electrons. The maximum absolute atomic E-state index is 13.3. The molecule has 0 aliphatic carbocycles. The summed E-state index contributed by atoms with van der Waals surface area (Å²) in [7, 11) is 0. The summed E-state index contributed by atoms with van der Waals surface area (Å²) in [5.41, 5.74) is 0.899. The van der Waals surface area contributed by atoms with Crippen LogP contribution in [0, 0.1) is 0 Å². The molecule has 2 fully saturated rings. The van der Waals surface area contributed by atoms with Crippen LogP contribution in [0.4, 0.5) is 22.1 Å². The average Bonchev–Trinajstić information content (AvgIpc) is 3.26. The van der Waals surface area contributed by atoms with Crippen molar-refractivity contribution in [3.05, 3.63) is 77.4 Å². The van der Waals surface area contributed by atoms with Crippen LogP contribution < -0.4 is 15.8 Å². The number of amides is 1. The third kappa shape index (κ3) is 6.86. The molecule has 0 bridgehead atoms. The van der Waals surface area contributed by atoms with Gasteiger partial charge < -0.3 is 25.0 Å². The van der Waals surface area contributed by atoms with E-state index in [0.29, 0.717) is 47.6 Å². The standard InChI is InChI=1S/C34H43N9O4/c1-7-15-42-30(44)26-20-35-31(38-29(26)43(42)28-10-8-9-27(37-28)34(5,6)46)36-23-11-13-24(14-12-23)39-16-18-40(19-17-39)25-21-41(22-25)32(45)47-33(2,3)4/h7-14,20,25,46H,1,15-19,21-22H2,2-6H3,(H,35,36,38). The first-order valence-corrected chi connectivity index (χ1v) is 15.9. The molecule has 0 radical (unpaired) electrons. The van der Waals surface area contributed by atoms with E-state index in [9.17, 15) is 14.7 Å². The fourth-order valence-corrected chi connectivity index (χ4v) is 5.88. The van der Waals surface area contributed by atoms with Crippen molar-refractivity contribution in [1.29, 1.82) is 0 Å². The van der Waals surface area contributed by atoms with Gasteiger partial charge in [-0.25, -0.2) is 24.1 Å². The van der Waals surface area contributed by atoms with Crippen LogP contribution in [0.25, 0.3) is 16.9 Å². The number of pyridine rings is 1. The topological polar surface area (TPSA) is 134 Å². The summed E-state index contributed by atoms with van der Waals surface area (Å²) in [4.78, 5) is 46.0. The second-order valence-corrected chi connectivity index (χ2v) is 13.6. The second kappa shape index (κ2) is 12.5. The fraction of sp³-hybridized carbons (Fsp3) is 0.441. The van der Waals surface area contributed by atoms with Crippen molar-refractivity contribution < 1.29 is 14.6 Å². The monoisotopic (exact) mass is 641 g/mol. The molecule has 0 unspecified atom stereocenters. The van der Waals surface area contributed by atoms with Gasteiger partial charge in [0, 0.05) is 62.9 Å². The zero-order valence-corrected chi connectivity index (χ0v) is 27.7. The summed E-state index contributed by atoms with van der Waals surface area (Å²) in [5.74, 6) is 0.785. The summed E-state index contributed by atoms with van der Waals surface area (Å²) < 4.78 is 8.63. The van der Waals surface area contributed by atoms with Gasteiger partial charge in [0.05, 0.1) is 12.2 Å². The molecule has 1 amide bonds. The molecular weight excluding hydrogens is 598 g/mol. The Morgan fingerprint density at radius 1 is 1.04 bits per heavy atom. The molecule has 4 aromatic rings. The molecule has 0 spiro atoms. The predicted octanol–water partition coefficient (Wildman–Crippen LogP) is 3.88. The maximum atomic E-state index is 13.3. The number of carbonyl (C=O) groups excluding carboxylic acids is 1. The zero-order valence-electron chi connectivity index (χ0n) is 27.7. The lowest BCUT2D eigenvalue weighted by Crippen LogP contribution is -2.64. The second-order valence-electron chi connectivity index (χ2n) is 13.6. The Morgan fingerprint density at radius 2 is 1.74 bits per heavy atom. The molecule has 0 saturated carbocycles. The van der Waals surface area contributed by atoms with Gasteiger partial charge in [0.1, 0.15) is 16.6 Å². The van der Waals surface area contributed by atoms with Crippen molar-refractivity contribution in [2.75, 3.05) is 49.5 Å². The molecule has 3 aromatic heterocycles. The highest BCUT2D eigenvalue weighted by Gasteiger charge is 2.38. The van der Waals surface area contributed by atoms with Crippen LogP contribution in [0.1, 0.15) is 40.3 Å². The van der Waals surface area contributed by atoms with Crippen LogP contribution in [0.2, 0.25) is 0 Å². The lowest BCUT2D eigenvalue weighted by atomic mass is 10.1. The third-order valence-electron chi connectivity index (χ3n) is 8.39. The number of aliphatic hydroxyl groups is 1. The average molecular weight is 642 g/mol. The predicted molar refractivity (Wildman–Crippen MR) is 181 cm³/mol. The molecule has 2 N–H and O–H groups in total. The van der Waals surface area contributed by atoms with Crippen LogP contribution in [0.5, 0.6) is 0 Å². The Morgan fingerprint density at radius 3 is 2.38 bits per heavy atom. The smallest absolute Gasteiger partial charge is 0.410 e. The Balaban J connectivity index is 1.13. The van der Waals surface area contributed by atoms with E-state index in [1.807, 2.05) is 32.9 Å². The number of carbonyl (C=O) groups is 1. The van der Waals surface area contributed by atoms with Crippen molar-refractivity contribution in [2.24, 2.45) is 0 Å². The first-order valence-electron chi connectivity index (χ1n) is 15.9. The van der Waals surface area contributed by atoms with E-state index >= 15 is 0 Å². The van der Waals surface area contributed by atoms with E-state index in [4.69, 9.17) is 9.72 Å². The zero-order chi connectivity index (χ0) is 33.5. The van der Waals surface area contributed by atoms with Gasteiger partial charge in [0.2, 0.25) is 5.95 Å². The van der Waals surface area contributed by atoms with Crippen molar-refractivity contribution in [3.63, 3.8) is 0 Å². The summed E-state index contributed by atoms with van der Waals surface area (Å²) in [6, 6.07) is 13.8. The van der Waals surface area contributed by atoms with E-state index in [-0.39, 0.29) is 18.2 Å². The quantitative estimate of drug-likeness (QED) is 0.273. The lowest BCUT2D eigenvalue weighted by Gasteiger charge is -2.48. The number of aromatic nitrogens is 5. The minimum Gasteiger partial charge on any atom is -0.444 e. The van der Waals surface area contributed by atoms with E-state index in [1.165, 1.54) is 10.9 Å². The number of allylic oxidation sites excluding steroid dienone is 1. The van der Waals surface area contributed by atoms with Crippen LogP contribution in [-0.2, 0) is 16.9 Å². The van der Waals surface area contributed by atoms with Gasteiger partial charge in [-0.3, -0.25) is 9.69 Å². The number of piperazine rings is 1. The van der Waals surface area contributed by atoms with Crippen molar-refractivity contribution >= 4 is 34.4 Å². The maximum Gasteiger partial charge on any atom is 0.410 e. The molecule has 0 atom stereocenters. The number of rotatable bonds is 8. The summed E-state index contributed by atoms with van der Waals surface area (Å²) in [5, 5.41) is 14.2. The number of benzene rings is 1. The molecular formula is C34H43N9O4. The number of nitrogens with zero attached hydrogens (tertiary/aromatic N) is 8. The fourth-order valence-electron chi connectivity index (χ4n) is 5.88. The van der Waals surface area contributed by atoms with Crippen molar-refractivity contribution in [1.82, 2.24) is 34.1 Å². The van der Waals surface area contributed by atoms with Gasteiger partial charge in [-0.2, -0.15) is 4.98 Å². The number of likely N-dealkylation sites (tertiary alicyclic amines) is 1. The van der Waals surface area contributed by atoms with Crippen LogP contribution in [0.3, 0.4) is 0 Å². The lowest BCUT2D eigenvalue weighted by molar-refractivity contribution is -0.0162. The van der Waals surface area contributed by atoms with Gasteiger partial charge in [0.25, 0.3) is 5.56 Å². The molecule has 2 aliphatic heterocycles. The molecule has 5 heterocycles. The van der Waals surface area contributed by atoms with Gasteiger partial charge >= 0.3 is 6.09 Å². The number of nitrogens with one attached hydrogen (secondary N) is 1. The highest BCUT2D eigenvalue weighted by Crippen LogP contribution is 2.26. The Kier molecular flexibility index (Phi) is 8.53. The summed E-state index contributed by atoms with van der Waals surface area (Å²) in [6.07, 6.45) is 2.92. The number of anilines is 3. The van der Waals surface area contributed by atoms with Gasteiger partial charge in [-0.15, -0.1) is 6.58 Å². The van der Waals surface area contributed by atoms with E-state index < -0.39 is 11.2 Å². The molecule has 2 aliphatic rings. The molecule has 1 aromatic carbocycles. The molecule has 6 rings (SSSR count). The third-order valence-corrected chi connectivity index (χ3v) is 8.39. The number of fused-ring (bicyclic) bond motifs is 1. The number of hydrogen-bond donors (Lipinski definition) is 2. The molecule has 13 nitrogen and oxygen atoms in total. The van der Waals surface area contributed by atoms with Crippen LogP contribution in [0.15, 0.2) is 66.1 Å².